The topological polar surface area (TPSA) is 45.0 Å². The molecule has 25 heavy (non-hydrogen) atoms. The Balaban J connectivity index is 1.53. The number of rotatable bonds is 3. The van der Waals surface area contributed by atoms with E-state index in [4.69, 9.17) is 10.00 Å². The summed E-state index contributed by atoms with van der Waals surface area (Å²) in [5.41, 5.74) is 5.05. The summed E-state index contributed by atoms with van der Waals surface area (Å²) in [7, 11) is 1.85. The molecule has 2 aliphatic rings. The first-order valence-corrected chi connectivity index (χ1v) is 9.07. The lowest BCUT2D eigenvalue weighted by Gasteiger charge is -2.42. The average molecular weight is 332 g/mol. The summed E-state index contributed by atoms with van der Waals surface area (Å²) in [6, 6.07) is 19.4. The molecule has 1 fully saturated rings. The summed E-state index contributed by atoms with van der Waals surface area (Å²) in [5.74, 6) is 0. The highest BCUT2D eigenvalue weighted by molar-refractivity contribution is 5.38. The Labute approximate surface area is 149 Å². The van der Waals surface area contributed by atoms with Gasteiger partial charge in [-0.25, -0.2) is 0 Å². The number of ether oxygens (including phenoxy) is 1. The molecule has 3 heteroatoms. The molecule has 1 saturated heterocycles. The summed E-state index contributed by atoms with van der Waals surface area (Å²) in [4.78, 5) is 0. The molecule has 3 nitrogen and oxygen atoms in total. The second kappa shape index (κ2) is 6.63. The second-order valence-electron chi connectivity index (χ2n) is 7.47. The zero-order chi connectivity index (χ0) is 17.3. The monoisotopic (exact) mass is 332 g/mol. The van der Waals surface area contributed by atoms with Crippen molar-refractivity contribution in [2.24, 2.45) is 5.41 Å². The van der Waals surface area contributed by atoms with Crippen molar-refractivity contribution in [3.05, 3.63) is 70.8 Å². The van der Waals surface area contributed by atoms with Gasteiger partial charge in [0.1, 0.15) is 0 Å². The van der Waals surface area contributed by atoms with Crippen molar-refractivity contribution >= 4 is 0 Å². The number of nitrogens with one attached hydrogen (secondary N) is 1. The van der Waals surface area contributed by atoms with Crippen molar-refractivity contribution in [1.82, 2.24) is 5.32 Å². The Morgan fingerprint density at radius 2 is 2.00 bits per heavy atom. The van der Waals surface area contributed by atoms with E-state index >= 15 is 0 Å². The largest absolute Gasteiger partial charge is 0.376 e. The lowest BCUT2D eigenvalue weighted by molar-refractivity contribution is -0.0290. The van der Waals surface area contributed by atoms with Gasteiger partial charge in [-0.3, -0.25) is 0 Å². The van der Waals surface area contributed by atoms with Crippen LogP contribution in [0.5, 0.6) is 0 Å². The molecule has 1 aliphatic carbocycles. The summed E-state index contributed by atoms with van der Waals surface area (Å²) in [6.45, 7) is 1.04. The summed E-state index contributed by atoms with van der Waals surface area (Å²) in [6.07, 6.45) is 4.60. The number of hydrogen-bond acceptors (Lipinski definition) is 3. The molecule has 0 amide bonds. The van der Waals surface area contributed by atoms with Crippen LogP contribution in [0.25, 0.3) is 0 Å². The summed E-state index contributed by atoms with van der Waals surface area (Å²) in [5, 5.41) is 12.7. The minimum atomic E-state index is 0.203. The third-order valence-corrected chi connectivity index (χ3v) is 5.95. The van der Waals surface area contributed by atoms with E-state index in [9.17, 15) is 0 Å². The van der Waals surface area contributed by atoms with Crippen LogP contribution in [0, 0.1) is 16.7 Å². The van der Waals surface area contributed by atoms with Gasteiger partial charge in [-0.05, 0) is 61.1 Å². The molecule has 4 rings (SSSR count). The standard InChI is InChI=1S/C22H24N2O/c1-25-21-20-5-3-2-4-18(20)13-22(21)10-11-24-19(14-22)12-16-6-8-17(15-23)9-7-16/h2-9,19,21,24H,10-14H2,1H3. The molecule has 3 atom stereocenters. The van der Waals surface area contributed by atoms with Gasteiger partial charge < -0.3 is 10.1 Å². The van der Waals surface area contributed by atoms with Crippen LogP contribution in [-0.4, -0.2) is 19.7 Å². The quantitative estimate of drug-likeness (QED) is 0.930. The zero-order valence-electron chi connectivity index (χ0n) is 14.7. The number of methoxy groups -OCH3 is 1. The average Bonchev–Trinajstić information content (AvgIpc) is 2.94. The Kier molecular flexibility index (Phi) is 4.33. The molecule has 1 spiro atoms. The number of nitrogens with zero attached hydrogens (tertiary/aromatic N) is 1. The molecule has 128 valence electrons. The molecule has 1 N–H and O–H groups in total. The van der Waals surface area contributed by atoms with E-state index in [0.717, 1.165) is 37.8 Å². The fourth-order valence-electron chi connectivity index (χ4n) is 4.86. The van der Waals surface area contributed by atoms with Gasteiger partial charge in [-0.2, -0.15) is 5.26 Å². The van der Waals surface area contributed by atoms with E-state index < -0.39 is 0 Å². The van der Waals surface area contributed by atoms with Crippen LogP contribution in [0.1, 0.15) is 41.2 Å². The molecule has 0 bridgehead atoms. The maximum atomic E-state index is 8.96. The van der Waals surface area contributed by atoms with Crippen molar-refractivity contribution in [1.29, 1.82) is 5.26 Å². The van der Waals surface area contributed by atoms with Gasteiger partial charge in [0.2, 0.25) is 0 Å². The van der Waals surface area contributed by atoms with Gasteiger partial charge in [0.15, 0.2) is 0 Å². The number of nitriles is 1. The Bertz CT molecular complexity index is 792. The maximum Gasteiger partial charge on any atom is 0.0991 e. The molecule has 0 aromatic heterocycles. The van der Waals surface area contributed by atoms with Gasteiger partial charge in [0, 0.05) is 18.6 Å². The van der Waals surface area contributed by atoms with Crippen LogP contribution >= 0.6 is 0 Å². The highest BCUT2D eigenvalue weighted by Crippen LogP contribution is 2.53. The lowest BCUT2D eigenvalue weighted by Crippen LogP contribution is -2.47. The van der Waals surface area contributed by atoms with E-state index in [-0.39, 0.29) is 11.5 Å². The zero-order valence-corrected chi connectivity index (χ0v) is 14.7. The van der Waals surface area contributed by atoms with Crippen LogP contribution in [-0.2, 0) is 17.6 Å². The lowest BCUT2D eigenvalue weighted by atomic mass is 9.71. The van der Waals surface area contributed by atoms with Crippen molar-refractivity contribution in [2.45, 2.75) is 37.8 Å². The first-order chi connectivity index (χ1) is 12.2. The second-order valence-corrected chi connectivity index (χ2v) is 7.47. The number of hydrogen-bond donors (Lipinski definition) is 1. The van der Waals surface area contributed by atoms with Gasteiger partial charge in [-0.1, -0.05) is 36.4 Å². The first-order valence-electron chi connectivity index (χ1n) is 9.07. The third kappa shape index (κ3) is 2.97. The van der Waals surface area contributed by atoms with Crippen molar-refractivity contribution in [2.75, 3.05) is 13.7 Å². The van der Waals surface area contributed by atoms with Crippen molar-refractivity contribution < 1.29 is 4.74 Å². The van der Waals surface area contributed by atoms with Gasteiger partial charge in [0.05, 0.1) is 17.7 Å². The van der Waals surface area contributed by atoms with Crippen LogP contribution < -0.4 is 5.32 Å². The Hall–Kier alpha value is -2.15. The number of benzene rings is 2. The van der Waals surface area contributed by atoms with Crippen LogP contribution in [0.2, 0.25) is 0 Å². The molecule has 3 unspecified atom stereocenters. The molecule has 2 aromatic rings. The minimum absolute atomic E-state index is 0.203. The summed E-state index contributed by atoms with van der Waals surface area (Å²) < 4.78 is 6.00. The molecule has 0 radical (unpaired) electrons. The van der Waals surface area contributed by atoms with Gasteiger partial charge in [0.25, 0.3) is 0 Å². The van der Waals surface area contributed by atoms with Crippen molar-refractivity contribution in [3.63, 3.8) is 0 Å². The molecule has 1 heterocycles. The van der Waals surface area contributed by atoms with Crippen molar-refractivity contribution in [3.8, 4) is 6.07 Å². The van der Waals surface area contributed by atoms with E-state index in [2.05, 4.69) is 47.8 Å². The van der Waals surface area contributed by atoms with Crippen LogP contribution in [0.4, 0.5) is 0 Å². The summed E-state index contributed by atoms with van der Waals surface area (Å²) >= 11 is 0. The minimum Gasteiger partial charge on any atom is -0.376 e. The van der Waals surface area contributed by atoms with Crippen LogP contribution in [0.15, 0.2) is 48.5 Å². The fourth-order valence-corrected chi connectivity index (χ4v) is 4.86. The maximum absolute atomic E-state index is 8.96. The highest BCUT2D eigenvalue weighted by atomic mass is 16.5. The number of fused-ring (bicyclic) bond motifs is 1. The first kappa shape index (κ1) is 16.3. The van der Waals surface area contributed by atoms with E-state index in [1.807, 2.05) is 19.2 Å². The van der Waals surface area contributed by atoms with Gasteiger partial charge in [-0.15, -0.1) is 0 Å². The molecular weight excluding hydrogens is 308 g/mol. The molecule has 1 aliphatic heterocycles. The van der Waals surface area contributed by atoms with E-state index in [1.54, 1.807) is 0 Å². The van der Waals surface area contributed by atoms with Gasteiger partial charge >= 0.3 is 0 Å². The molecular formula is C22H24N2O. The van der Waals surface area contributed by atoms with E-state index in [0.29, 0.717) is 6.04 Å². The molecule has 2 aromatic carbocycles. The number of piperidine rings is 1. The SMILES string of the molecule is COC1c2ccccc2CC12CCNC(Cc1ccc(C#N)cc1)C2. The smallest absolute Gasteiger partial charge is 0.0991 e. The Morgan fingerprint density at radius 3 is 2.76 bits per heavy atom. The fraction of sp³-hybridized carbons (Fsp3) is 0.409. The molecule has 0 saturated carbocycles. The van der Waals surface area contributed by atoms with Crippen LogP contribution in [0.3, 0.4) is 0 Å². The third-order valence-electron chi connectivity index (χ3n) is 5.95. The predicted octanol–water partition coefficient (Wildman–Crippen LogP) is 3.78. The predicted molar refractivity (Wildman–Crippen MR) is 98.2 cm³/mol. The normalized spacial score (nSPS) is 27.8. The van der Waals surface area contributed by atoms with E-state index in [1.165, 1.54) is 16.7 Å². The Morgan fingerprint density at radius 1 is 1.20 bits per heavy atom. The highest BCUT2D eigenvalue weighted by Gasteiger charge is 2.48.